The Morgan fingerprint density at radius 1 is 1.21 bits per heavy atom. The maximum atomic E-state index is 12.4. The van der Waals surface area contributed by atoms with E-state index in [0.29, 0.717) is 44.3 Å². The van der Waals surface area contributed by atoms with E-state index in [1.165, 1.54) is 0 Å². The maximum absolute atomic E-state index is 12.4. The second-order valence-corrected chi connectivity index (χ2v) is 6.12. The molecule has 6 heteroatoms. The van der Waals surface area contributed by atoms with Gasteiger partial charge < -0.3 is 15.3 Å². The predicted molar refractivity (Wildman–Crippen MR) is 89.5 cm³/mol. The minimum atomic E-state index is -0.998. The summed E-state index contributed by atoms with van der Waals surface area (Å²) in [5.74, 6) is -1.48. The second-order valence-electron chi connectivity index (χ2n) is 6.12. The lowest BCUT2D eigenvalue weighted by molar-refractivity contribution is -0.142. The van der Waals surface area contributed by atoms with Crippen molar-refractivity contribution < 1.29 is 19.5 Å². The van der Waals surface area contributed by atoms with Gasteiger partial charge in [0.05, 0.1) is 0 Å². The number of aliphatic carboxylic acids is 1. The van der Waals surface area contributed by atoms with Crippen LogP contribution in [-0.4, -0.2) is 46.9 Å². The summed E-state index contributed by atoms with van der Waals surface area (Å²) in [6.45, 7) is 2.91. The van der Waals surface area contributed by atoms with Gasteiger partial charge in [-0.25, -0.2) is 4.79 Å². The van der Waals surface area contributed by atoms with Gasteiger partial charge in [0.1, 0.15) is 6.04 Å². The minimum Gasteiger partial charge on any atom is -0.480 e. The molecule has 1 saturated heterocycles. The number of carbonyl (C=O) groups excluding carboxylic acids is 2. The first-order chi connectivity index (χ1) is 11.5. The monoisotopic (exact) mass is 332 g/mol. The molecular weight excluding hydrogens is 308 g/mol. The van der Waals surface area contributed by atoms with Crippen LogP contribution >= 0.6 is 0 Å². The van der Waals surface area contributed by atoms with Crippen molar-refractivity contribution in [2.24, 2.45) is 5.92 Å². The third kappa shape index (κ3) is 4.57. The zero-order valence-electron chi connectivity index (χ0n) is 13.9. The number of rotatable bonds is 6. The number of hydrogen-bond acceptors (Lipinski definition) is 3. The Morgan fingerprint density at radius 3 is 2.38 bits per heavy atom. The van der Waals surface area contributed by atoms with Gasteiger partial charge in [0.2, 0.25) is 5.91 Å². The summed E-state index contributed by atoms with van der Waals surface area (Å²) in [7, 11) is 0. The van der Waals surface area contributed by atoms with E-state index >= 15 is 0 Å². The lowest BCUT2D eigenvalue weighted by Gasteiger charge is -2.32. The molecule has 0 radical (unpaired) electrons. The molecule has 0 aromatic heterocycles. The van der Waals surface area contributed by atoms with Crippen LogP contribution in [0.3, 0.4) is 0 Å². The molecule has 1 heterocycles. The summed E-state index contributed by atoms with van der Waals surface area (Å²) >= 11 is 0. The largest absolute Gasteiger partial charge is 0.480 e. The number of amides is 2. The highest BCUT2D eigenvalue weighted by Gasteiger charge is 2.30. The molecule has 0 saturated carbocycles. The Kier molecular flexibility index (Phi) is 6.35. The van der Waals surface area contributed by atoms with E-state index in [1.807, 2.05) is 25.1 Å². The Hall–Kier alpha value is -2.37. The maximum Gasteiger partial charge on any atom is 0.326 e. The van der Waals surface area contributed by atoms with E-state index in [9.17, 15) is 14.4 Å². The number of nitrogens with zero attached hydrogens (tertiary/aromatic N) is 1. The van der Waals surface area contributed by atoms with Crippen LogP contribution in [-0.2, 0) is 9.59 Å². The van der Waals surface area contributed by atoms with Crippen molar-refractivity contribution in [2.75, 3.05) is 13.1 Å². The van der Waals surface area contributed by atoms with Gasteiger partial charge in [0, 0.05) is 24.6 Å². The SMILES string of the molecule is CCCC(NC(=O)C1CCN(C(=O)c2ccccc2)CC1)C(=O)O. The van der Waals surface area contributed by atoms with Gasteiger partial charge in [-0.3, -0.25) is 9.59 Å². The first kappa shape index (κ1) is 18.0. The number of carbonyl (C=O) groups is 3. The molecule has 2 N–H and O–H groups in total. The van der Waals surface area contributed by atoms with E-state index in [0.717, 1.165) is 0 Å². The first-order valence-corrected chi connectivity index (χ1v) is 8.40. The van der Waals surface area contributed by atoms with Crippen LogP contribution in [0.25, 0.3) is 0 Å². The fourth-order valence-electron chi connectivity index (χ4n) is 2.94. The Bertz CT molecular complexity index is 580. The zero-order valence-corrected chi connectivity index (χ0v) is 13.9. The third-order valence-electron chi connectivity index (χ3n) is 4.37. The Morgan fingerprint density at radius 2 is 1.83 bits per heavy atom. The van der Waals surface area contributed by atoms with Gasteiger partial charge in [-0.2, -0.15) is 0 Å². The number of hydrogen-bond donors (Lipinski definition) is 2. The van der Waals surface area contributed by atoms with Gasteiger partial charge in [-0.15, -0.1) is 0 Å². The molecule has 1 aromatic rings. The average Bonchev–Trinajstić information content (AvgIpc) is 2.61. The molecule has 2 amide bonds. The molecule has 24 heavy (non-hydrogen) atoms. The molecule has 1 aromatic carbocycles. The van der Waals surface area contributed by atoms with Gasteiger partial charge in [-0.1, -0.05) is 31.5 Å². The second kappa shape index (κ2) is 8.47. The van der Waals surface area contributed by atoms with E-state index in [2.05, 4.69) is 5.32 Å². The van der Waals surface area contributed by atoms with Crippen LogP contribution in [0.15, 0.2) is 30.3 Å². The molecule has 1 aliphatic rings. The van der Waals surface area contributed by atoms with E-state index < -0.39 is 12.0 Å². The van der Waals surface area contributed by atoms with Crippen molar-refractivity contribution in [3.05, 3.63) is 35.9 Å². The average molecular weight is 332 g/mol. The summed E-state index contributed by atoms with van der Waals surface area (Å²) in [5.41, 5.74) is 0.647. The summed E-state index contributed by atoms with van der Waals surface area (Å²) in [4.78, 5) is 37.5. The summed E-state index contributed by atoms with van der Waals surface area (Å²) < 4.78 is 0. The highest BCUT2D eigenvalue weighted by atomic mass is 16.4. The number of nitrogens with one attached hydrogen (secondary N) is 1. The smallest absolute Gasteiger partial charge is 0.326 e. The first-order valence-electron chi connectivity index (χ1n) is 8.40. The third-order valence-corrected chi connectivity index (χ3v) is 4.37. The Balaban J connectivity index is 1.87. The lowest BCUT2D eigenvalue weighted by Crippen LogP contribution is -2.47. The molecule has 0 spiro atoms. The van der Waals surface area contributed by atoms with Gasteiger partial charge >= 0.3 is 5.97 Å². The number of carboxylic acids is 1. The molecule has 1 atom stereocenters. The molecule has 130 valence electrons. The Labute approximate surface area is 141 Å². The minimum absolute atomic E-state index is 0.0242. The van der Waals surface area contributed by atoms with Crippen LogP contribution in [0.5, 0.6) is 0 Å². The van der Waals surface area contributed by atoms with Crippen LogP contribution in [0.1, 0.15) is 43.0 Å². The van der Waals surface area contributed by atoms with Crippen LogP contribution in [0.2, 0.25) is 0 Å². The van der Waals surface area contributed by atoms with Crippen molar-refractivity contribution >= 4 is 17.8 Å². The van der Waals surface area contributed by atoms with Crippen molar-refractivity contribution in [1.29, 1.82) is 0 Å². The fourth-order valence-corrected chi connectivity index (χ4v) is 2.94. The standard InChI is InChI=1S/C18H24N2O4/c1-2-6-15(18(23)24)19-16(21)13-9-11-20(12-10-13)17(22)14-7-4-3-5-8-14/h3-5,7-8,13,15H,2,6,9-12H2,1H3,(H,19,21)(H,23,24). The number of carboxylic acid groups (broad SMARTS) is 1. The van der Waals surface area contributed by atoms with Crippen LogP contribution in [0.4, 0.5) is 0 Å². The molecule has 0 aliphatic carbocycles. The molecule has 1 fully saturated rings. The molecule has 1 aliphatic heterocycles. The number of likely N-dealkylation sites (tertiary alicyclic amines) is 1. The predicted octanol–water partition coefficient (Wildman–Crippen LogP) is 1.91. The van der Waals surface area contributed by atoms with Crippen molar-refractivity contribution in [3.63, 3.8) is 0 Å². The van der Waals surface area contributed by atoms with Crippen molar-refractivity contribution in [1.82, 2.24) is 10.2 Å². The number of benzene rings is 1. The lowest BCUT2D eigenvalue weighted by atomic mass is 9.95. The number of piperidine rings is 1. The topological polar surface area (TPSA) is 86.7 Å². The highest BCUT2D eigenvalue weighted by Crippen LogP contribution is 2.19. The quantitative estimate of drug-likeness (QED) is 0.833. The molecular formula is C18H24N2O4. The highest BCUT2D eigenvalue weighted by molar-refractivity contribution is 5.94. The summed E-state index contributed by atoms with van der Waals surface area (Å²) in [5, 5.41) is 11.7. The molecule has 1 unspecified atom stereocenters. The van der Waals surface area contributed by atoms with Crippen molar-refractivity contribution in [3.8, 4) is 0 Å². The van der Waals surface area contributed by atoms with Crippen LogP contribution in [0, 0.1) is 5.92 Å². The fraction of sp³-hybridized carbons (Fsp3) is 0.500. The van der Waals surface area contributed by atoms with Crippen molar-refractivity contribution in [2.45, 2.75) is 38.6 Å². The van der Waals surface area contributed by atoms with Gasteiger partial charge in [-0.05, 0) is 31.4 Å². The molecule has 6 nitrogen and oxygen atoms in total. The summed E-state index contributed by atoms with van der Waals surface area (Å²) in [6, 6.07) is 8.25. The van der Waals surface area contributed by atoms with Gasteiger partial charge in [0.25, 0.3) is 5.91 Å². The molecule has 0 bridgehead atoms. The van der Waals surface area contributed by atoms with Crippen LogP contribution < -0.4 is 5.32 Å². The van der Waals surface area contributed by atoms with E-state index in [-0.39, 0.29) is 17.7 Å². The zero-order chi connectivity index (χ0) is 17.5. The normalized spacial score (nSPS) is 16.5. The molecule has 2 rings (SSSR count). The van der Waals surface area contributed by atoms with Gasteiger partial charge in [0.15, 0.2) is 0 Å². The van der Waals surface area contributed by atoms with E-state index in [1.54, 1.807) is 17.0 Å². The summed E-state index contributed by atoms with van der Waals surface area (Å²) in [6.07, 6.45) is 2.24. The van der Waals surface area contributed by atoms with E-state index in [4.69, 9.17) is 5.11 Å².